The molecule has 0 saturated carbocycles. The molecule has 0 aliphatic rings. The Kier molecular flexibility index (Phi) is 6.42. The Morgan fingerprint density at radius 3 is 2.00 bits per heavy atom. The van der Waals surface area contributed by atoms with Crippen LogP contribution in [-0.2, 0) is 9.59 Å². The smallest absolute Gasteiger partial charge is 0.291 e. The van der Waals surface area contributed by atoms with Gasteiger partial charge in [-0.15, -0.1) is 0 Å². The topological polar surface area (TPSA) is 66.5 Å². The van der Waals surface area contributed by atoms with E-state index >= 15 is 0 Å². The van der Waals surface area contributed by atoms with Crippen molar-refractivity contribution >= 4 is 46.3 Å². The summed E-state index contributed by atoms with van der Waals surface area (Å²) in [5.74, 6) is -1.36. The second-order valence-corrected chi connectivity index (χ2v) is 6.70. The lowest BCUT2D eigenvalue weighted by atomic mass is 10.1. The summed E-state index contributed by atoms with van der Waals surface area (Å²) in [5.41, 5.74) is 2.29. The minimum absolute atomic E-state index is 0.140. The third-order valence-electron chi connectivity index (χ3n) is 4.27. The van der Waals surface area contributed by atoms with E-state index in [-0.39, 0.29) is 12.3 Å². The van der Waals surface area contributed by atoms with Gasteiger partial charge in [0.15, 0.2) is 0 Å². The van der Waals surface area contributed by atoms with Crippen LogP contribution in [0.15, 0.2) is 78.9 Å². The Labute approximate surface area is 173 Å². The number of rotatable bonds is 6. The average Bonchev–Trinajstić information content (AvgIpc) is 2.75. The summed E-state index contributed by atoms with van der Waals surface area (Å²) in [4.78, 5) is 38.0. The van der Waals surface area contributed by atoms with Gasteiger partial charge >= 0.3 is 0 Å². The lowest BCUT2D eigenvalue weighted by Gasteiger charge is -2.23. The average molecular weight is 407 g/mol. The predicted molar refractivity (Wildman–Crippen MR) is 115 cm³/mol. The summed E-state index contributed by atoms with van der Waals surface area (Å²) in [7, 11) is 0. The molecule has 6 heteroatoms. The molecule has 0 saturated heterocycles. The van der Waals surface area contributed by atoms with E-state index in [0.717, 1.165) is 0 Å². The summed E-state index contributed by atoms with van der Waals surface area (Å²) in [6, 6.07) is 22.7. The number of amides is 2. The van der Waals surface area contributed by atoms with Crippen LogP contribution in [0.4, 0.5) is 17.1 Å². The fourth-order valence-corrected chi connectivity index (χ4v) is 2.86. The number of Topliss-reactive ketones (excluding diaryl/α,β-unsaturated/α-hetero) is 1. The van der Waals surface area contributed by atoms with Gasteiger partial charge in [-0.05, 0) is 60.7 Å². The molecule has 3 rings (SSSR count). The van der Waals surface area contributed by atoms with E-state index in [2.05, 4.69) is 5.32 Å². The van der Waals surface area contributed by atoms with Crippen molar-refractivity contribution in [3.05, 3.63) is 89.4 Å². The summed E-state index contributed by atoms with van der Waals surface area (Å²) in [6.45, 7) is 1.63. The first-order valence-electron chi connectivity index (χ1n) is 9.09. The molecule has 0 unspecified atom stereocenters. The maximum Gasteiger partial charge on any atom is 0.291 e. The third-order valence-corrected chi connectivity index (χ3v) is 4.52. The molecule has 29 heavy (non-hydrogen) atoms. The number of para-hydroxylation sites is 1. The van der Waals surface area contributed by atoms with E-state index in [0.29, 0.717) is 27.6 Å². The van der Waals surface area contributed by atoms with Crippen LogP contribution in [-0.4, -0.2) is 17.6 Å². The fourth-order valence-electron chi connectivity index (χ4n) is 2.74. The highest BCUT2D eigenvalue weighted by Gasteiger charge is 2.20. The summed E-state index contributed by atoms with van der Waals surface area (Å²) in [5, 5.41) is 3.11. The summed E-state index contributed by atoms with van der Waals surface area (Å²) >= 11 is 5.94. The number of halogens is 1. The van der Waals surface area contributed by atoms with Crippen molar-refractivity contribution in [2.45, 2.75) is 13.3 Å². The summed E-state index contributed by atoms with van der Waals surface area (Å²) < 4.78 is 0. The molecule has 0 radical (unpaired) electrons. The van der Waals surface area contributed by atoms with Crippen LogP contribution in [0.3, 0.4) is 0 Å². The molecule has 3 aromatic carbocycles. The molecule has 0 aliphatic heterocycles. The van der Waals surface area contributed by atoms with Crippen molar-refractivity contribution in [1.82, 2.24) is 0 Å². The Morgan fingerprint density at radius 1 is 0.828 bits per heavy atom. The van der Waals surface area contributed by atoms with Gasteiger partial charge in [-0.3, -0.25) is 19.3 Å². The quantitative estimate of drug-likeness (QED) is 0.569. The Bertz CT molecular complexity index is 1020. The van der Waals surface area contributed by atoms with E-state index < -0.39 is 11.7 Å². The second kappa shape index (κ2) is 9.17. The molecule has 0 aromatic heterocycles. The lowest BCUT2D eigenvalue weighted by Crippen LogP contribution is -2.26. The SMILES string of the molecule is CCC(=O)C(=O)Nc1ccc(N(C(=O)c2ccc(Cl)cc2)c2ccccc2)cc1. The number of ketones is 1. The standard InChI is InChI=1S/C23H19ClN2O3/c1-2-21(27)22(28)25-18-12-14-20(15-13-18)26(19-6-4-3-5-7-19)23(29)16-8-10-17(24)11-9-16/h3-15H,2H2,1H3,(H,25,28). The molecule has 0 atom stereocenters. The first kappa shape index (κ1) is 20.3. The number of nitrogens with one attached hydrogen (secondary N) is 1. The van der Waals surface area contributed by atoms with Crippen LogP contribution >= 0.6 is 11.6 Å². The van der Waals surface area contributed by atoms with Crippen molar-refractivity contribution < 1.29 is 14.4 Å². The molecule has 146 valence electrons. The van der Waals surface area contributed by atoms with Crippen LogP contribution in [0.25, 0.3) is 0 Å². The lowest BCUT2D eigenvalue weighted by molar-refractivity contribution is -0.134. The summed E-state index contributed by atoms with van der Waals surface area (Å²) in [6.07, 6.45) is 0.140. The highest BCUT2D eigenvalue weighted by molar-refractivity contribution is 6.40. The number of carbonyl (C=O) groups excluding carboxylic acids is 3. The maximum atomic E-state index is 13.2. The zero-order chi connectivity index (χ0) is 20.8. The third kappa shape index (κ3) is 4.89. The van der Waals surface area contributed by atoms with Crippen molar-refractivity contribution in [2.75, 3.05) is 10.2 Å². The molecule has 0 bridgehead atoms. The number of hydrogen-bond donors (Lipinski definition) is 1. The van der Waals surface area contributed by atoms with E-state index in [1.165, 1.54) is 0 Å². The zero-order valence-corrected chi connectivity index (χ0v) is 16.5. The highest BCUT2D eigenvalue weighted by Crippen LogP contribution is 2.29. The number of hydrogen-bond acceptors (Lipinski definition) is 3. The van der Waals surface area contributed by atoms with Crippen LogP contribution in [0.5, 0.6) is 0 Å². The monoisotopic (exact) mass is 406 g/mol. The van der Waals surface area contributed by atoms with Crippen LogP contribution in [0.2, 0.25) is 5.02 Å². The van der Waals surface area contributed by atoms with Crippen LogP contribution < -0.4 is 10.2 Å². The zero-order valence-electron chi connectivity index (χ0n) is 15.8. The molecular weight excluding hydrogens is 388 g/mol. The minimum Gasteiger partial charge on any atom is -0.319 e. The predicted octanol–water partition coefficient (Wildman–Crippen LogP) is 5.24. The molecule has 0 spiro atoms. The van der Waals surface area contributed by atoms with Crippen molar-refractivity contribution in [3.8, 4) is 0 Å². The van der Waals surface area contributed by atoms with E-state index in [1.54, 1.807) is 60.4 Å². The van der Waals surface area contributed by atoms with E-state index in [4.69, 9.17) is 11.6 Å². The van der Waals surface area contributed by atoms with Gasteiger partial charge in [0.1, 0.15) is 0 Å². The molecule has 5 nitrogen and oxygen atoms in total. The molecular formula is C23H19ClN2O3. The number of benzene rings is 3. The normalized spacial score (nSPS) is 10.3. The van der Waals surface area contributed by atoms with Gasteiger partial charge in [0.05, 0.1) is 0 Å². The van der Waals surface area contributed by atoms with Gasteiger partial charge in [-0.1, -0.05) is 36.7 Å². The molecule has 0 fully saturated rings. The first-order valence-corrected chi connectivity index (χ1v) is 9.46. The van der Waals surface area contributed by atoms with Gasteiger partial charge in [0.2, 0.25) is 5.78 Å². The Balaban J connectivity index is 1.92. The van der Waals surface area contributed by atoms with E-state index in [9.17, 15) is 14.4 Å². The van der Waals surface area contributed by atoms with Crippen LogP contribution in [0, 0.1) is 0 Å². The highest BCUT2D eigenvalue weighted by atomic mass is 35.5. The van der Waals surface area contributed by atoms with Gasteiger partial charge in [0.25, 0.3) is 11.8 Å². The van der Waals surface area contributed by atoms with Crippen molar-refractivity contribution in [1.29, 1.82) is 0 Å². The minimum atomic E-state index is -0.655. The van der Waals surface area contributed by atoms with Crippen molar-refractivity contribution in [3.63, 3.8) is 0 Å². The van der Waals surface area contributed by atoms with Gasteiger partial charge in [-0.2, -0.15) is 0 Å². The van der Waals surface area contributed by atoms with Gasteiger partial charge in [0, 0.05) is 34.1 Å². The van der Waals surface area contributed by atoms with Crippen LogP contribution in [0.1, 0.15) is 23.7 Å². The Hall–Kier alpha value is -3.44. The van der Waals surface area contributed by atoms with Gasteiger partial charge < -0.3 is 5.32 Å². The first-order chi connectivity index (χ1) is 14.0. The maximum absolute atomic E-state index is 13.2. The number of nitrogens with zero attached hydrogens (tertiary/aromatic N) is 1. The van der Waals surface area contributed by atoms with Crippen molar-refractivity contribution in [2.24, 2.45) is 0 Å². The molecule has 2 amide bonds. The second-order valence-electron chi connectivity index (χ2n) is 6.26. The molecule has 1 N–H and O–H groups in total. The largest absolute Gasteiger partial charge is 0.319 e. The molecule has 0 heterocycles. The number of carbonyl (C=O) groups is 3. The fraction of sp³-hybridized carbons (Fsp3) is 0.0870. The van der Waals surface area contributed by atoms with Gasteiger partial charge in [-0.25, -0.2) is 0 Å². The number of anilines is 3. The van der Waals surface area contributed by atoms with E-state index in [1.807, 2.05) is 30.3 Å². The molecule has 3 aromatic rings. The molecule has 0 aliphatic carbocycles. The Morgan fingerprint density at radius 2 is 1.41 bits per heavy atom.